The van der Waals surface area contributed by atoms with Crippen molar-refractivity contribution in [2.75, 3.05) is 12.4 Å². The molecule has 0 amide bonds. The predicted molar refractivity (Wildman–Crippen MR) is 85.5 cm³/mol. The molecule has 21 heavy (non-hydrogen) atoms. The summed E-state index contributed by atoms with van der Waals surface area (Å²) in [5.41, 5.74) is 2.22. The van der Waals surface area contributed by atoms with Gasteiger partial charge in [0.15, 0.2) is 11.5 Å². The Morgan fingerprint density at radius 3 is 2.67 bits per heavy atom. The second-order valence-electron chi connectivity index (χ2n) is 5.45. The number of hydrogen-bond donors (Lipinski definition) is 2. The van der Waals surface area contributed by atoms with Gasteiger partial charge in [-0.25, -0.2) is 0 Å². The lowest BCUT2D eigenvalue weighted by Gasteiger charge is -2.37. The van der Waals surface area contributed by atoms with E-state index in [0.29, 0.717) is 17.7 Å². The first-order valence-electron chi connectivity index (χ1n) is 7.04. The third-order valence-corrected chi connectivity index (χ3v) is 4.24. The molecule has 2 aromatic carbocycles. The van der Waals surface area contributed by atoms with E-state index in [9.17, 15) is 5.11 Å². The van der Waals surface area contributed by atoms with E-state index < -0.39 is 0 Å². The maximum Gasteiger partial charge on any atom is 0.160 e. The molecule has 0 saturated heterocycles. The number of hydrogen-bond acceptors (Lipinski definition) is 3. The average Bonchev–Trinajstić information content (AvgIpc) is 2.42. The molecule has 0 heterocycles. The van der Waals surface area contributed by atoms with Crippen LogP contribution in [0.1, 0.15) is 24.3 Å². The van der Waals surface area contributed by atoms with Crippen LogP contribution in [0.3, 0.4) is 0 Å². The van der Waals surface area contributed by atoms with Gasteiger partial charge < -0.3 is 15.2 Å². The number of phenols is 1. The van der Waals surface area contributed by atoms with Crippen molar-refractivity contribution in [1.29, 1.82) is 0 Å². The Hall–Kier alpha value is -1.87. The first-order chi connectivity index (χ1) is 10.2. The zero-order valence-corrected chi connectivity index (χ0v) is 12.6. The fourth-order valence-corrected chi connectivity index (χ4v) is 2.98. The quantitative estimate of drug-likeness (QED) is 0.879. The Morgan fingerprint density at radius 2 is 2.00 bits per heavy atom. The molecule has 0 bridgehead atoms. The fourth-order valence-electron chi connectivity index (χ4n) is 2.78. The van der Waals surface area contributed by atoms with Crippen LogP contribution in [0, 0.1) is 0 Å². The molecular formula is C17H18ClNO2. The van der Waals surface area contributed by atoms with Gasteiger partial charge in [0.25, 0.3) is 0 Å². The molecule has 3 rings (SSSR count). The van der Waals surface area contributed by atoms with Gasteiger partial charge in [-0.15, -0.1) is 0 Å². The SMILES string of the molecule is COc1ccc(NC2CC(c3cccc(Cl)c3)C2)cc1O. The second kappa shape index (κ2) is 5.86. The Morgan fingerprint density at radius 1 is 1.19 bits per heavy atom. The van der Waals surface area contributed by atoms with Crippen molar-refractivity contribution in [1.82, 2.24) is 0 Å². The number of rotatable bonds is 4. The molecule has 110 valence electrons. The number of halogens is 1. The summed E-state index contributed by atoms with van der Waals surface area (Å²) in [5, 5.41) is 14.0. The molecule has 1 fully saturated rings. The second-order valence-corrected chi connectivity index (χ2v) is 5.89. The summed E-state index contributed by atoms with van der Waals surface area (Å²) >= 11 is 6.03. The minimum Gasteiger partial charge on any atom is -0.504 e. The minimum absolute atomic E-state index is 0.160. The van der Waals surface area contributed by atoms with E-state index in [4.69, 9.17) is 16.3 Å². The van der Waals surface area contributed by atoms with E-state index >= 15 is 0 Å². The molecule has 2 N–H and O–H groups in total. The number of aromatic hydroxyl groups is 1. The zero-order chi connectivity index (χ0) is 14.8. The summed E-state index contributed by atoms with van der Waals surface area (Å²) < 4.78 is 5.04. The molecule has 1 aliphatic rings. The van der Waals surface area contributed by atoms with E-state index in [2.05, 4.69) is 11.4 Å². The van der Waals surface area contributed by atoms with Crippen molar-refractivity contribution in [2.45, 2.75) is 24.8 Å². The highest BCUT2D eigenvalue weighted by atomic mass is 35.5. The molecule has 0 aliphatic heterocycles. The van der Waals surface area contributed by atoms with Crippen molar-refractivity contribution in [3.05, 3.63) is 53.1 Å². The molecule has 1 saturated carbocycles. The van der Waals surface area contributed by atoms with Crippen LogP contribution < -0.4 is 10.1 Å². The zero-order valence-electron chi connectivity index (χ0n) is 11.8. The Balaban J connectivity index is 1.58. The lowest BCUT2D eigenvalue weighted by Crippen LogP contribution is -2.33. The summed E-state index contributed by atoms with van der Waals surface area (Å²) in [4.78, 5) is 0. The molecule has 0 aromatic heterocycles. The van der Waals surface area contributed by atoms with Gasteiger partial charge in [0.1, 0.15) is 0 Å². The number of ether oxygens (including phenoxy) is 1. The summed E-state index contributed by atoms with van der Waals surface area (Å²) in [7, 11) is 1.55. The smallest absolute Gasteiger partial charge is 0.160 e. The van der Waals surface area contributed by atoms with Gasteiger partial charge in [0.05, 0.1) is 7.11 Å². The van der Waals surface area contributed by atoms with E-state index in [1.807, 2.05) is 24.3 Å². The maximum absolute atomic E-state index is 9.78. The Kier molecular flexibility index (Phi) is 3.93. The molecule has 2 aromatic rings. The van der Waals surface area contributed by atoms with Gasteiger partial charge >= 0.3 is 0 Å². The number of methoxy groups -OCH3 is 1. The monoisotopic (exact) mass is 303 g/mol. The van der Waals surface area contributed by atoms with E-state index in [1.54, 1.807) is 19.2 Å². The highest BCUT2D eigenvalue weighted by Gasteiger charge is 2.30. The van der Waals surface area contributed by atoms with Crippen LogP contribution in [-0.2, 0) is 0 Å². The van der Waals surface area contributed by atoms with E-state index in [-0.39, 0.29) is 5.75 Å². The summed E-state index contributed by atoms with van der Waals surface area (Å²) in [5.74, 6) is 1.22. The van der Waals surface area contributed by atoms with E-state index in [0.717, 1.165) is 23.6 Å². The molecule has 0 radical (unpaired) electrons. The normalized spacial score (nSPS) is 20.7. The first kappa shape index (κ1) is 14.1. The first-order valence-corrected chi connectivity index (χ1v) is 7.42. The molecule has 0 atom stereocenters. The van der Waals surface area contributed by atoms with Crippen LogP contribution in [0.15, 0.2) is 42.5 Å². The van der Waals surface area contributed by atoms with Gasteiger partial charge in [0, 0.05) is 22.8 Å². The standard InChI is InChI=1S/C17H18ClNO2/c1-21-17-6-5-14(10-16(17)20)19-15-8-12(9-15)11-3-2-4-13(18)7-11/h2-7,10,12,15,19-20H,8-9H2,1H3. The number of benzene rings is 2. The predicted octanol–water partition coefficient (Wildman–Crippen LogP) is 4.41. The lowest BCUT2D eigenvalue weighted by molar-refractivity contribution is 0.369. The number of nitrogens with one attached hydrogen (secondary N) is 1. The van der Waals surface area contributed by atoms with Crippen LogP contribution in [0.2, 0.25) is 5.02 Å². The van der Waals surface area contributed by atoms with Gasteiger partial charge in [-0.3, -0.25) is 0 Å². The minimum atomic E-state index is 0.160. The van der Waals surface area contributed by atoms with Gasteiger partial charge in [-0.2, -0.15) is 0 Å². The fraction of sp³-hybridized carbons (Fsp3) is 0.294. The Bertz CT molecular complexity index is 638. The molecule has 0 spiro atoms. The van der Waals surface area contributed by atoms with Crippen molar-refractivity contribution in [3.63, 3.8) is 0 Å². The van der Waals surface area contributed by atoms with Crippen LogP contribution in [0.4, 0.5) is 5.69 Å². The summed E-state index contributed by atoms with van der Waals surface area (Å²) in [6.45, 7) is 0. The van der Waals surface area contributed by atoms with Crippen molar-refractivity contribution in [2.24, 2.45) is 0 Å². The highest BCUT2D eigenvalue weighted by molar-refractivity contribution is 6.30. The van der Waals surface area contributed by atoms with Gasteiger partial charge in [-0.05, 0) is 48.6 Å². The van der Waals surface area contributed by atoms with Gasteiger partial charge in [-0.1, -0.05) is 23.7 Å². The lowest BCUT2D eigenvalue weighted by atomic mass is 9.76. The Labute approximate surface area is 129 Å². The van der Waals surface area contributed by atoms with Crippen LogP contribution in [0.25, 0.3) is 0 Å². The topological polar surface area (TPSA) is 41.5 Å². The number of phenolic OH excluding ortho intramolecular Hbond substituents is 1. The maximum atomic E-state index is 9.78. The van der Waals surface area contributed by atoms with Gasteiger partial charge in [0.2, 0.25) is 0 Å². The van der Waals surface area contributed by atoms with Crippen LogP contribution in [-0.4, -0.2) is 18.3 Å². The average molecular weight is 304 g/mol. The molecule has 4 heteroatoms. The molecule has 3 nitrogen and oxygen atoms in total. The molecule has 0 unspecified atom stereocenters. The third-order valence-electron chi connectivity index (χ3n) is 4.01. The molecule has 1 aliphatic carbocycles. The number of anilines is 1. The van der Waals surface area contributed by atoms with E-state index in [1.165, 1.54) is 5.56 Å². The van der Waals surface area contributed by atoms with Crippen LogP contribution in [0.5, 0.6) is 11.5 Å². The molecular weight excluding hydrogens is 286 g/mol. The highest BCUT2D eigenvalue weighted by Crippen LogP contribution is 2.40. The summed E-state index contributed by atoms with van der Waals surface area (Å²) in [6, 6.07) is 13.9. The summed E-state index contributed by atoms with van der Waals surface area (Å²) in [6.07, 6.45) is 2.15. The van der Waals surface area contributed by atoms with Crippen molar-refractivity contribution >= 4 is 17.3 Å². The van der Waals surface area contributed by atoms with Crippen LogP contribution >= 0.6 is 11.6 Å². The largest absolute Gasteiger partial charge is 0.504 e. The third kappa shape index (κ3) is 3.08. The van der Waals surface area contributed by atoms with Crippen molar-refractivity contribution in [3.8, 4) is 11.5 Å². The van der Waals surface area contributed by atoms with Crippen molar-refractivity contribution < 1.29 is 9.84 Å².